The maximum Gasteiger partial charge on any atom is 0.301 e. The van der Waals surface area contributed by atoms with Gasteiger partial charge in [0, 0.05) is 17.1 Å². The minimum absolute atomic E-state index is 0.0570. The van der Waals surface area contributed by atoms with Crippen LogP contribution in [0.4, 0.5) is 5.13 Å². The Balaban J connectivity index is 1.68. The lowest BCUT2D eigenvalue weighted by Crippen LogP contribution is -2.29. The zero-order valence-electron chi connectivity index (χ0n) is 19.7. The summed E-state index contributed by atoms with van der Waals surface area (Å²) >= 11 is 1.22. The third-order valence-corrected chi connectivity index (χ3v) is 6.54. The molecule has 1 fully saturated rings. The number of ether oxygens (including phenoxy) is 4. The summed E-state index contributed by atoms with van der Waals surface area (Å²) in [5, 5.41) is 13.4. The average molecular weight is 509 g/mol. The minimum atomic E-state index is -0.931. The maximum absolute atomic E-state index is 13.3. The van der Waals surface area contributed by atoms with E-state index in [0.717, 1.165) is 0 Å². The molecule has 3 heterocycles. The summed E-state index contributed by atoms with van der Waals surface area (Å²) in [6, 6.07) is 9.17. The topological polar surface area (TPSA) is 107 Å². The molecule has 10 heteroatoms. The van der Waals surface area contributed by atoms with Crippen molar-refractivity contribution in [1.29, 1.82) is 0 Å². The van der Waals surface area contributed by atoms with Gasteiger partial charge in [0.05, 0.1) is 24.8 Å². The fourth-order valence-electron chi connectivity index (χ4n) is 4.26. The molecule has 1 amide bonds. The van der Waals surface area contributed by atoms with Crippen molar-refractivity contribution in [2.24, 2.45) is 0 Å². The Morgan fingerprint density at radius 1 is 1.06 bits per heavy atom. The molecule has 9 nitrogen and oxygen atoms in total. The molecule has 1 saturated heterocycles. The summed E-state index contributed by atoms with van der Waals surface area (Å²) in [6.45, 7) is 5.37. The van der Waals surface area contributed by atoms with Crippen LogP contribution in [0.1, 0.15) is 31.0 Å². The monoisotopic (exact) mass is 508 g/mol. The van der Waals surface area contributed by atoms with Gasteiger partial charge in [-0.15, -0.1) is 11.3 Å². The number of hydrogen-bond acceptors (Lipinski definition) is 9. The SMILES string of the molecule is CCOc1ccc(C2/C(=C(\O)c3ccc4c(c3)OCCO4)C(=O)C(=O)N2c2nccs2)cc1OCC. The fourth-order valence-corrected chi connectivity index (χ4v) is 4.93. The number of carbonyl (C=O) groups is 2. The highest BCUT2D eigenvalue weighted by molar-refractivity contribution is 7.14. The molecule has 0 spiro atoms. The van der Waals surface area contributed by atoms with Gasteiger partial charge < -0.3 is 24.1 Å². The molecule has 0 saturated carbocycles. The van der Waals surface area contributed by atoms with Gasteiger partial charge in [-0.3, -0.25) is 14.5 Å². The van der Waals surface area contributed by atoms with Crippen molar-refractivity contribution >= 4 is 33.9 Å². The summed E-state index contributed by atoms with van der Waals surface area (Å²) < 4.78 is 22.6. The summed E-state index contributed by atoms with van der Waals surface area (Å²) in [5.41, 5.74) is 0.839. The standard InChI is InChI=1S/C26H24N2O7S/c1-3-32-17-7-5-15(13-19(17)33-4-2)22-21(24(30)25(31)28(22)26-27-9-12-36-26)23(29)16-6-8-18-20(14-16)35-11-10-34-18/h5-9,12-14,22,29H,3-4,10-11H2,1-2H3/b23-21+. The van der Waals surface area contributed by atoms with Crippen LogP contribution in [-0.2, 0) is 9.59 Å². The van der Waals surface area contributed by atoms with Gasteiger partial charge in [-0.2, -0.15) is 0 Å². The van der Waals surface area contributed by atoms with E-state index >= 15 is 0 Å². The highest BCUT2D eigenvalue weighted by Crippen LogP contribution is 2.45. The Kier molecular flexibility index (Phi) is 6.51. The third kappa shape index (κ3) is 4.13. The van der Waals surface area contributed by atoms with Gasteiger partial charge in [-0.25, -0.2) is 4.98 Å². The van der Waals surface area contributed by atoms with Crippen LogP contribution < -0.4 is 23.8 Å². The maximum atomic E-state index is 13.3. The van der Waals surface area contributed by atoms with Gasteiger partial charge in [0.2, 0.25) is 0 Å². The number of amides is 1. The van der Waals surface area contributed by atoms with Gasteiger partial charge in [0.1, 0.15) is 19.0 Å². The predicted molar refractivity (Wildman–Crippen MR) is 133 cm³/mol. The van der Waals surface area contributed by atoms with E-state index in [-0.39, 0.29) is 11.3 Å². The van der Waals surface area contributed by atoms with Crippen molar-refractivity contribution in [2.45, 2.75) is 19.9 Å². The Bertz CT molecular complexity index is 1340. The molecule has 5 rings (SSSR count). The molecule has 1 aromatic heterocycles. The summed E-state index contributed by atoms with van der Waals surface area (Å²) in [5.74, 6) is 0.111. The van der Waals surface area contributed by atoms with Crippen LogP contribution in [-0.4, -0.2) is 48.2 Å². The zero-order chi connectivity index (χ0) is 25.2. The molecular weight excluding hydrogens is 484 g/mol. The normalized spacial score (nSPS) is 18.4. The Labute approximate surface area is 211 Å². The summed E-state index contributed by atoms with van der Waals surface area (Å²) in [6.07, 6.45) is 1.56. The first-order chi connectivity index (χ1) is 17.5. The molecule has 2 aromatic carbocycles. The number of Topliss-reactive ketones (excluding diaryl/α,β-unsaturated/α-hetero) is 1. The molecular formula is C26H24N2O7S. The number of benzene rings is 2. The molecule has 1 unspecified atom stereocenters. The number of ketones is 1. The van der Waals surface area contributed by atoms with E-state index in [2.05, 4.69) is 4.98 Å². The highest BCUT2D eigenvalue weighted by Gasteiger charge is 2.48. The lowest BCUT2D eigenvalue weighted by atomic mass is 9.95. The van der Waals surface area contributed by atoms with E-state index in [1.165, 1.54) is 16.2 Å². The number of aromatic nitrogens is 1. The second-order valence-electron chi connectivity index (χ2n) is 7.91. The number of fused-ring (bicyclic) bond motifs is 1. The molecule has 2 aliphatic heterocycles. The van der Waals surface area contributed by atoms with Crippen LogP contribution in [0, 0.1) is 0 Å². The number of rotatable bonds is 7. The number of aliphatic hydroxyl groups excluding tert-OH is 1. The van der Waals surface area contributed by atoms with Crippen LogP contribution in [0.15, 0.2) is 53.5 Å². The average Bonchev–Trinajstić information content (AvgIpc) is 3.51. The predicted octanol–water partition coefficient (Wildman–Crippen LogP) is 4.34. The third-order valence-electron chi connectivity index (χ3n) is 5.77. The van der Waals surface area contributed by atoms with E-state index in [1.807, 2.05) is 13.8 Å². The quantitative estimate of drug-likeness (QED) is 0.285. The molecule has 1 atom stereocenters. The van der Waals surface area contributed by atoms with E-state index in [1.54, 1.807) is 48.0 Å². The molecule has 186 valence electrons. The number of anilines is 1. The fraction of sp³-hybridized carbons (Fsp3) is 0.269. The van der Waals surface area contributed by atoms with E-state index < -0.39 is 17.7 Å². The van der Waals surface area contributed by atoms with Crippen LogP contribution in [0.3, 0.4) is 0 Å². The van der Waals surface area contributed by atoms with E-state index in [9.17, 15) is 14.7 Å². The molecule has 36 heavy (non-hydrogen) atoms. The Morgan fingerprint density at radius 2 is 1.81 bits per heavy atom. The second-order valence-corrected chi connectivity index (χ2v) is 8.79. The zero-order valence-corrected chi connectivity index (χ0v) is 20.5. The number of carbonyl (C=O) groups excluding carboxylic acids is 2. The van der Waals surface area contributed by atoms with Gasteiger partial charge in [0.15, 0.2) is 28.1 Å². The lowest BCUT2D eigenvalue weighted by Gasteiger charge is -2.24. The van der Waals surface area contributed by atoms with Crippen molar-refractivity contribution in [1.82, 2.24) is 4.98 Å². The van der Waals surface area contributed by atoms with E-state index in [0.29, 0.717) is 65.7 Å². The van der Waals surface area contributed by atoms with E-state index in [4.69, 9.17) is 18.9 Å². The van der Waals surface area contributed by atoms with Crippen molar-refractivity contribution in [3.05, 3.63) is 64.7 Å². The molecule has 3 aromatic rings. The van der Waals surface area contributed by atoms with Crippen molar-refractivity contribution in [2.75, 3.05) is 31.3 Å². The molecule has 0 bridgehead atoms. The Hall–Kier alpha value is -4.05. The molecule has 1 N–H and O–H groups in total. The van der Waals surface area contributed by atoms with Crippen LogP contribution in [0.2, 0.25) is 0 Å². The first-order valence-electron chi connectivity index (χ1n) is 11.5. The highest BCUT2D eigenvalue weighted by atomic mass is 32.1. The number of thiazole rings is 1. The van der Waals surface area contributed by atoms with Crippen molar-refractivity contribution in [3.63, 3.8) is 0 Å². The first-order valence-corrected chi connectivity index (χ1v) is 12.4. The van der Waals surface area contributed by atoms with Crippen molar-refractivity contribution in [3.8, 4) is 23.0 Å². The first kappa shape index (κ1) is 23.7. The van der Waals surface area contributed by atoms with Gasteiger partial charge in [-0.05, 0) is 49.7 Å². The number of hydrogen-bond donors (Lipinski definition) is 1. The number of aliphatic hydroxyl groups is 1. The van der Waals surface area contributed by atoms with Crippen molar-refractivity contribution < 1.29 is 33.6 Å². The summed E-state index contributed by atoms with van der Waals surface area (Å²) in [7, 11) is 0. The molecule has 2 aliphatic rings. The number of nitrogens with zero attached hydrogens (tertiary/aromatic N) is 2. The molecule has 0 aliphatic carbocycles. The van der Waals surface area contributed by atoms with Gasteiger partial charge in [-0.1, -0.05) is 6.07 Å². The minimum Gasteiger partial charge on any atom is -0.507 e. The lowest BCUT2D eigenvalue weighted by molar-refractivity contribution is -0.132. The van der Waals surface area contributed by atoms with Crippen LogP contribution in [0.25, 0.3) is 5.76 Å². The second kappa shape index (κ2) is 9.90. The largest absolute Gasteiger partial charge is 0.507 e. The van der Waals surface area contributed by atoms with Gasteiger partial charge in [0.25, 0.3) is 5.78 Å². The molecule has 0 radical (unpaired) electrons. The smallest absolute Gasteiger partial charge is 0.301 e. The van der Waals surface area contributed by atoms with Crippen LogP contribution >= 0.6 is 11.3 Å². The van der Waals surface area contributed by atoms with Gasteiger partial charge >= 0.3 is 5.91 Å². The summed E-state index contributed by atoms with van der Waals surface area (Å²) in [4.78, 5) is 32.1. The Morgan fingerprint density at radius 3 is 2.53 bits per heavy atom. The van der Waals surface area contributed by atoms with Crippen LogP contribution in [0.5, 0.6) is 23.0 Å².